The van der Waals surface area contributed by atoms with Crippen molar-refractivity contribution in [1.29, 1.82) is 0 Å². The van der Waals surface area contributed by atoms with Crippen molar-refractivity contribution in [2.45, 2.75) is 13.8 Å². The second-order valence-electron chi connectivity index (χ2n) is 6.81. The minimum atomic E-state index is -0.134. The van der Waals surface area contributed by atoms with Gasteiger partial charge in [-0.2, -0.15) is 0 Å². The number of aryl methyl sites for hydroxylation is 2. The zero-order chi connectivity index (χ0) is 18.4. The van der Waals surface area contributed by atoms with Crippen molar-refractivity contribution < 1.29 is 4.79 Å². The maximum Gasteiger partial charge on any atom is 0.319 e. The van der Waals surface area contributed by atoms with Gasteiger partial charge >= 0.3 is 6.03 Å². The van der Waals surface area contributed by atoms with Crippen molar-refractivity contribution in [3.63, 3.8) is 0 Å². The fraction of sp³-hybridized carbons (Fsp3) is 0.381. The summed E-state index contributed by atoms with van der Waals surface area (Å²) < 4.78 is 0. The number of amides is 2. The smallest absolute Gasteiger partial charge is 0.319 e. The Morgan fingerprint density at radius 1 is 0.923 bits per heavy atom. The first-order valence-electron chi connectivity index (χ1n) is 9.27. The van der Waals surface area contributed by atoms with E-state index < -0.39 is 0 Å². The summed E-state index contributed by atoms with van der Waals surface area (Å²) in [5.41, 5.74) is 4.36. The van der Waals surface area contributed by atoms with Gasteiger partial charge in [0, 0.05) is 50.6 Å². The molecule has 3 rings (SSSR count). The molecule has 0 aliphatic carbocycles. The molecule has 5 nitrogen and oxygen atoms in total. The normalized spacial score (nSPS) is 14.9. The van der Waals surface area contributed by atoms with Gasteiger partial charge in [0.25, 0.3) is 0 Å². The van der Waals surface area contributed by atoms with Crippen LogP contribution in [-0.2, 0) is 0 Å². The highest BCUT2D eigenvalue weighted by Gasteiger charge is 2.16. The summed E-state index contributed by atoms with van der Waals surface area (Å²) in [6, 6.07) is 16.4. The van der Waals surface area contributed by atoms with Crippen molar-refractivity contribution in [1.82, 2.24) is 10.2 Å². The Morgan fingerprint density at radius 3 is 2.23 bits per heavy atom. The molecule has 2 N–H and O–H groups in total. The fourth-order valence-corrected chi connectivity index (χ4v) is 3.37. The van der Waals surface area contributed by atoms with Crippen LogP contribution in [0.2, 0.25) is 0 Å². The average molecular weight is 352 g/mol. The van der Waals surface area contributed by atoms with Gasteiger partial charge in [0.15, 0.2) is 0 Å². The van der Waals surface area contributed by atoms with Crippen LogP contribution in [0, 0.1) is 13.8 Å². The fourth-order valence-electron chi connectivity index (χ4n) is 3.37. The lowest BCUT2D eigenvalue weighted by molar-refractivity contribution is 0.240. The largest absolute Gasteiger partial charge is 0.369 e. The summed E-state index contributed by atoms with van der Waals surface area (Å²) in [5, 5.41) is 5.94. The average Bonchev–Trinajstić information content (AvgIpc) is 2.66. The molecule has 0 unspecified atom stereocenters. The lowest BCUT2D eigenvalue weighted by atomic mass is 10.1. The number of anilines is 2. The van der Waals surface area contributed by atoms with Crippen molar-refractivity contribution in [3.8, 4) is 0 Å². The highest BCUT2D eigenvalue weighted by molar-refractivity contribution is 5.90. The number of rotatable bonds is 5. The molecule has 0 saturated carbocycles. The number of nitrogens with zero attached hydrogens (tertiary/aromatic N) is 2. The van der Waals surface area contributed by atoms with E-state index in [1.54, 1.807) is 0 Å². The summed E-state index contributed by atoms with van der Waals surface area (Å²) in [6.07, 6.45) is 0. The molecule has 1 saturated heterocycles. The monoisotopic (exact) mass is 352 g/mol. The molecule has 5 heteroatoms. The quantitative estimate of drug-likeness (QED) is 0.868. The summed E-state index contributed by atoms with van der Waals surface area (Å²) >= 11 is 0. The lowest BCUT2D eigenvalue weighted by Crippen LogP contribution is -2.48. The highest BCUT2D eigenvalue weighted by Crippen LogP contribution is 2.19. The molecule has 2 aromatic rings. The van der Waals surface area contributed by atoms with Gasteiger partial charge in [-0.15, -0.1) is 0 Å². The Balaban J connectivity index is 1.38. The molecule has 2 aromatic carbocycles. The van der Waals surface area contributed by atoms with Gasteiger partial charge < -0.3 is 15.5 Å². The maximum absolute atomic E-state index is 12.1. The number of benzene rings is 2. The topological polar surface area (TPSA) is 47.6 Å². The van der Waals surface area contributed by atoms with E-state index in [4.69, 9.17) is 0 Å². The van der Waals surface area contributed by atoms with Gasteiger partial charge in [0.2, 0.25) is 0 Å². The molecule has 0 aromatic heterocycles. The molecular formula is C21H28N4O. The molecule has 1 aliphatic rings. The van der Waals surface area contributed by atoms with Crippen LogP contribution in [0.4, 0.5) is 16.2 Å². The van der Waals surface area contributed by atoms with Crippen LogP contribution in [-0.4, -0.2) is 50.2 Å². The Bertz CT molecular complexity index is 704. The van der Waals surface area contributed by atoms with Crippen molar-refractivity contribution in [3.05, 3.63) is 59.7 Å². The standard InChI is InChI=1S/C21H28N4O/c1-17-7-6-8-18(2)20(17)23-21(26)22-11-12-24-13-15-25(16-14-24)19-9-4-3-5-10-19/h3-10H,11-16H2,1-2H3,(H2,22,23,26). The number of carbonyl (C=O) groups excluding carboxylic acids is 1. The van der Waals surface area contributed by atoms with Crippen LogP contribution in [0.3, 0.4) is 0 Å². The minimum absolute atomic E-state index is 0.134. The molecule has 1 aliphatic heterocycles. The number of hydrogen-bond acceptors (Lipinski definition) is 3. The molecule has 26 heavy (non-hydrogen) atoms. The Labute approximate surface area is 156 Å². The van der Waals surface area contributed by atoms with Crippen LogP contribution in [0.1, 0.15) is 11.1 Å². The molecule has 1 fully saturated rings. The number of piperazine rings is 1. The first-order chi connectivity index (χ1) is 12.6. The van der Waals surface area contributed by atoms with Crippen LogP contribution >= 0.6 is 0 Å². The van der Waals surface area contributed by atoms with E-state index in [9.17, 15) is 4.79 Å². The first kappa shape index (κ1) is 18.3. The SMILES string of the molecule is Cc1cccc(C)c1NC(=O)NCCN1CCN(c2ccccc2)CC1. The number of hydrogen-bond donors (Lipinski definition) is 2. The third-order valence-electron chi connectivity index (χ3n) is 4.93. The van der Waals surface area contributed by atoms with Crippen molar-refractivity contribution >= 4 is 17.4 Å². The van der Waals surface area contributed by atoms with Crippen LogP contribution < -0.4 is 15.5 Å². The van der Waals surface area contributed by atoms with Gasteiger partial charge in [-0.1, -0.05) is 36.4 Å². The van der Waals surface area contributed by atoms with E-state index in [2.05, 4.69) is 50.8 Å². The van der Waals surface area contributed by atoms with Crippen LogP contribution in [0.25, 0.3) is 0 Å². The number of para-hydroxylation sites is 2. The molecular weight excluding hydrogens is 324 g/mol. The first-order valence-corrected chi connectivity index (χ1v) is 9.27. The second-order valence-corrected chi connectivity index (χ2v) is 6.81. The zero-order valence-corrected chi connectivity index (χ0v) is 15.7. The van der Waals surface area contributed by atoms with E-state index in [1.807, 2.05) is 32.0 Å². The third-order valence-corrected chi connectivity index (χ3v) is 4.93. The molecule has 0 radical (unpaired) electrons. The molecule has 0 spiro atoms. The van der Waals surface area contributed by atoms with Crippen molar-refractivity contribution in [2.75, 3.05) is 49.5 Å². The zero-order valence-electron chi connectivity index (χ0n) is 15.7. The molecule has 0 atom stereocenters. The summed E-state index contributed by atoms with van der Waals surface area (Å²) in [7, 11) is 0. The Kier molecular flexibility index (Phi) is 6.12. The summed E-state index contributed by atoms with van der Waals surface area (Å²) in [5.74, 6) is 0. The van der Waals surface area contributed by atoms with Crippen LogP contribution in [0.5, 0.6) is 0 Å². The van der Waals surface area contributed by atoms with Gasteiger partial charge in [-0.3, -0.25) is 4.90 Å². The maximum atomic E-state index is 12.1. The van der Waals surface area contributed by atoms with Crippen LogP contribution in [0.15, 0.2) is 48.5 Å². The molecule has 1 heterocycles. The van der Waals surface area contributed by atoms with Gasteiger partial charge in [0.1, 0.15) is 0 Å². The predicted molar refractivity (Wildman–Crippen MR) is 108 cm³/mol. The highest BCUT2D eigenvalue weighted by atomic mass is 16.2. The Hall–Kier alpha value is -2.53. The predicted octanol–water partition coefficient (Wildman–Crippen LogP) is 3.25. The number of carbonyl (C=O) groups is 1. The Morgan fingerprint density at radius 2 is 1.58 bits per heavy atom. The molecule has 138 valence electrons. The number of urea groups is 1. The molecule has 0 bridgehead atoms. The summed E-state index contributed by atoms with van der Waals surface area (Å²) in [6.45, 7) is 9.65. The summed E-state index contributed by atoms with van der Waals surface area (Å²) in [4.78, 5) is 17.0. The second kappa shape index (κ2) is 8.72. The van der Waals surface area contributed by atoms with Gasteiger partial charge in [-0.25, -0.2) is 4.79 Å². The van der Waals surface area contributed by atoms with E-state index in [-0.39, 0.29) is 6.03 Å². The molecule has 2 amide bonds. The lowest BCUT2D eigenvalue weighted by Gasteiger charge is -2.36. The van der Waals surface area contributed by atoms with E-state index >= 15 is 0 Å². The minimum Gasteiger partial charge on any atom is -0.369 e. The van der Waals surface area contributed by atoms with E-state index in [0.717, 1.165) is 49.5 Å². The van der Waals surface area contributed by atoms with Crippen molar-refractivity contribution in [2.24, 2.45) is 0 Å². The van der Waals surface area contributed by atoms with Gasteiger partial charge in [-0.05, 0) is 37.1 Å². The van der Waals surface area contributed by atoms with E-state index in [1.165, 1.54) is 5.69 Å². The number of nitrogens with one attached hydrogen (secondary N) is 2. The van der Waals surface area contributed by atoms with Gasteiger partial charge in [0.05, 0.1) is 0 Å². The third kappa shape index (κ3) is 4.76. The van der Waals surface area contributed by atoms with E-state index in [0.29, 0.717) is 6.54 Å².